The Bertz CT molecular complexity index is 1340. The first-order valence-electron chi connectivity index (χ1n) is 11.4. The molecule has 2 aromatic carbocycles. The van der Waals surface area contributed by atoms with E-state index < -0.39 is 11.1 Å². The van der Waals surface area contributed by atoms with Crippen molar-refractivity contribution in [3.05, 3.63) is 74.3 Å². The number of aryl methyl sites for hydroxylation is 1. The van der Waals surface area contributed by atoms with Gasteiger partial charge in [-0.3, -0.25) is 19.2 Å². The van der Waals surface area contributed by atoms with Gasteiger partial charge in [-0.1, -0.05) is 18.2 Å². The molecular weight excluding hydrogens is 436 g/mol. The van der Waals surface area contributed by atoms with Crippen LogP contribution in [0.15, 0.2) is 52.1 Å². The Morgan fingerprint density at radius 1 is 1.12 bits per heavy atom. The summed E-state index contributed by atoms with van der Waals surface area (Å²) in [4.78, 5) is 53.9. The van der Waals surface area contributed by atoms with Gasteiger partial charge in [0.1, 0.15) is 5.75 Å². The number of benzene rings is 2. The molecule has 0 atom stereocenters. The number of amides is 2. The Balaban J connectivity index is 1.37. The predicted octanol–water partition coefficient (Wildman–Crippen LogP) is 1.68. The molecule has 0 unspecified atom stereocenters. The number of nitrogens with zero attached hydrogens (tertiary/aromatic N) is 2. The Morgan fingerprint density at radius 2 is 1.85 bits per heavy atom. The van der Waals surface area contributed by atoms with E-state index in [1.54, 1.807) is 32.2 Å². The molecule has 0 aliphatic carbocycles. The van der Waals surface area contributed by atoms with Gasteiger partial charge in [-0.25, -0.2) is 0 Å². The van der Waals surface area contributed by atoms with E-state index in [1.165, 1.54) is 4.57 Å². The summed E-state index contributed by atoms with van der Waals surface area (Å²) in [6.45, 7) is 3.27. The van der Waals surface area contributed by atoms with Crippen molar-refractivity contribution in [2.75, 3.05) is 20.2 Å². The number of ether oxygens (including phenoxy) is 1. The minimum atomic E-state index is -0.711. The number of hydrogen-bond donors (Lipinski definition) is 2. The van der Waals surface area contributed by atoms with Crippen molar-refractivity contribution in [3.63, 3.8) is 0 Å². The Labute approximate surface area is 196 Å². The van der Waals surface area contributed by atoms with E-state index in [1.807, 2.05) is 29.2 Å². The highest BCUT2D eigenvalue weighted by molar-refractivity contribution is 5.97. The second kappa shape index (κ2) is 9.94. The van der Waals surface area contributed by atoms with E-state index in [4.69, 9.17) is 4.74 Å². The van der Waals surface area contributed by atoms with Crippen molar-refractivity contribution in [1.82, 2.24) is 19.8 Å². The zero-order valence-electron chi connectivity index (χ0n) is 19.3. The number of H-pyrrole nitrogens is 1. The Morgan fingerprint density at radius 3 is 2.56 bits per heavy atom. The van der Waals surface area contributed by atoms with Crippen LogP contribution in [0.5, 0.6) is 5.75 Å². The summed E-state index contributed by atoms with van der Waals surface area (Å²) in [5.41, 5.74) is 0.949. The van der Waals surface area contributed by atoms with Gasteiger partial charge in [0.25, 0.3) is 5.91 Å². The van der Waals surface area contributed by atoms with Crippen LogP contribution in [0.4, 0.5) is 0 Å². The number of hydrogen-bond acceptors (Lipinski definition) is 5. The first kappa shape index (κ1) is 23.3. The van der Waals surface area contributed by atoms with Crippen LogP contribution in [0, 0.1) is 0 Å². The van der Waals surface area contributed by atoms with E-state index in [0.717, 1.165) is 5.56 Å². The number of aromatic amines is 1. The average Bonchev–Trinajstić information content (AvgIpc) is 2.85. The number of fused-ring (bicyclic) bond motifs is 1. The number of carbonyl (C=O) groups is 2. The number of nitrogens with one attached hydrogen (secondary N) is 2. The van der Waals surface area contributed by atoms with Crippen LogP contribution in [0.25, 0.3) is 11.0 Å². The fraction of sp³-hybridized carbons (Fsp3) is 0.360. The lowest BCUT2D eigenvalue weighted by molar-refractivity contribution is -0.131. The van der Waals surface area contributed by atoms with E-state index >= 15 is 0 Å². The number of rotatable bonds is 6. The van der Waals surface area contributed by atoms with Crippen molar-refractivity contribution in [2.24, 2.45) is 0 Å². The van der Waals surface area contributed by atoms with Crippen LogP contribution in [0.2, 0.25) is 0 Å². The molecule has 2 N–H and O–H groups in total. The summed E-state index contributed by atoms with van der Waals surface area (Å²) < 4.78 is 6.72. The highest BCUT2D eigenvalue weighted by atomic mass is 16.5. The lowest BCUT2D eigenvalue weighted by Gasteiger charge is -2.32. The normalized spacial score (nSPS) is 14.2. The molecular formula is C25H28N4O5. The topological polar surface area (TPSA) is 114 Å². The molecule has 0 radical (unpaired) electrons. The van der Waals surface area contributed by atoms with Crippen molar-refractivity contribution < 1.29 is 14.3 Å². The molecule has 4 rings (SSSR count). The minimum Gasteiger partial charge on any atom is -0.496 e. The number of likely N-dealkylation sites (tertiary alicyclic amines) is 1. The van der Waals surface area contributed by atoms with Crippen LogP contribution >= 0.6 is 0 Å². The summed E-state index contributed by atoms with van der Waals surface area (Å²) in [6, 6.07) is 12.3. The number of piperidine rings is 1. The van der Waals surface area contributed by atoms with E-state index in [2.05, 4.69) is 10.3 Å². The SMILES string of the molecule is CCn1c(=O)c(=O)[nH]c2cc(C(=O)NC3CCN(C(=O)Cc4ccccc4OC)CC3)ccc21. The maximum atomic E-state index is 12.8. The van der Waals surface area contributed by atoms with Crippen LogP contribution in [0.1, 0.15) is 35.7 Å². The van der Waals surface area contributed by atoms with Crippen LogP contribution < -0.4 is 21.2 Å². The number of para-hydroxylation sites is 1. The highest BCUT2D eigenvalue weighted by Gasteiger charge is 2.25. The van der Waals surface area contributed by atoms with Gasteiger partial charge in [0.2, 0.25) is 5.91 Å². The highest BCUT2D eigenvalue weighted by Crippen LogP contribution is 2.20. The van der Waals surface area contributed by atoms with Crippen LogP contribution in [-0.2, 0) is 17.8 Å². The number of methoxy groups -OCH3 is 1. The third-order valence-corrected chi connectivity index (χ3v) is 6.27. The third kappa shape index (κ3) is 4.73. The number of carbonyl (C=O) groups excluding carboxylic acids is 2. The summed E-state index contributed by atoms with van der Waals surface area (Å²) in [6.07, 6.45) is 1.59. The molecule has 0 spiro atoms. The summed E-state index contributed by atoms with van der Waals surface area (Å²) in [5, 5.41) is 3.02. The summed E-state index contributed by atoms with van der Waals surface area (Å²) in [5.74, 6) is 0.483. The zero-order chi connectivity index (χ0) is 24.2. The molecule has 34 heavy (non-hydrogen) atoms. The van der Waals surface area contributed by atoms with E-state index in [0.29, 0.717) is 54.8 Å². The van der Waals surface area contributed by atoms with Crippen molar-refractivity contribution in [2.45, 2.75) is 38.8 Å². The van der Waals surface area contributed by atoms with E-state index in [-0.39, 0.29) is 24.3 Å². The fourth-order valence-corrected chi connectivity index (χ4v) is 4.40. The first-order chi connectivity index (χ1) is 16.4. The number of aromatic nitrogens is 2. The van der Waals surface area contributed by atoms with Gasteiger partial charge in [-0.15, -0.1) is 0 Å². The summed E-state index contributed by atoms with van der Waals surface area (Å²) in [7, 11) is 1.59. The van der Waals surface area contributed by atoms with Gasteiger partial charge < -0.3 is 24.5 Å². The second-order valence-electron chi connectivity index (χ2n) is 8.35. The molecule has 1 aromatic heterocycles. The standard InChI is InChI=1S/C25H28N4O5/c1-3-29-20-9-8-17(14-19(20)27-24(32)25(29)33)23(31)26-18-10-12-28(13-11-18)22(30)15-16-6-4-5-7-21(16)34-2/h4-9,14,18H,3,10-13,15H2,1-2H3,(H,26,31)(H,27,32). The zero-order valence-corrected chi connectivity index (χ0v) is 19.3. The monoisotopic (exact) mass is 464 g/mol. The maximum Gasteiger partial charge on any atom is 0.316 e. The fourth-order valence-electron chi connectivity index (χ4n) is 4.40. The lowest BCUT2D eigenvalue weighted by atomic mass is 10.0. The van der Waals surface area contributed by atoms with Gasteiger partial charge in [0, 0.05) is 36.8 Å². The second-order valence-corrected chi connectivity index (χ2v) is 8.35. The Kier molecular flexibility index (Phi) is 6.81. The molecule has 1 fully saturated rings. The van der Waals surface area contributed by atoms with Crippen molar-refractivity contribution in [3.8, 4) is 5.75 Å². The maximum absolute atomic E-state index is 12.8. The molecule has 178 valence electrons. The first-order valence-corrected chi connectivity index (χ1v) is 11.4. The van der Waals surface area contributed by atoms with Gasteiger partial charge in [0.05, 0.1) is 24.6 Å². The molecule has 1 aliphatic heterocycles. The molecule has 0 bridgehead atoms. The molecule has 9 heteroatoms. The average molecular weight is 465 g/mol. The lowest BCUT2D eigenvalue weighted by Crippen LogP contribution is -2.47. The minimum absolute atomic E-state index is 0.0368. The third-order valence-electron chi connectivity index (χ3n) is 6.27. The molecule has 9 nitrogen and oxygen atoms in total. The molecule has 3 aromatic rings. The van der Waals surface area contributed by atoms with Crippen molar-refractivity contribution >= 4 is 22.8 Å². The predicted molar refractivity (Wildman–Crippen MR) is 128 cm³/mol. The van der Waals surface area contributed by atoms with Gasteiger partial charge in [-0.05, 0) is 44.0 Å². The molecule has 2 heterocycles. The van der Waals surface area contributed by atoms with Crippen LogP contribution in [-0.4, -0.2) is 52.5 Å². The van der Waals surface area contributed by atoms with Crippen LogP contribution in [0.3, 0.4) is 0 Å². The summed E-state index contributed by atoms with van der Waals surface area (Å²) >= 11 is 0. The molecule has 1 aliphatic rings. The van der Waals surface area contributed by atoms with Crippen molar-refractivity contribution in [1.29, 1.82) is 0 Å². The van der Waals surface area contributed by atoms with E-state index in [9.17, 15) is 19.2 Å². The molecule has 2 amide bonds. The molecule has 1 saturated heterocycles. The Hall–Kier alpha value is -3.88. The van der Waals surface area contributed by atoms with Gasteiger partial charge in [-0.2, -0.15) is 0 Å². The quantitative estimate of drug-likeness (QED) is 0.539. The smallest absolute Gasteiger partial charge is 0.316 e. The largest absolute Gasteiger partial charge is 0.496 e. The van der Waals surface area contributed by atoms with Gasteiger partial charge >= 0.3 is 11.1 Å². The molecule has 0 saturated carbocycles. The van der Waals surface area contributed by atoms with Gasteiger partial charge in [0.15, 0.2) is 0 Å².